The first kappa shape index (κ1) is 16.7. The first-order chi connectivity index (χ1) is 11.1. The summed E-state index contributed by atoms with van der Waals surface area (Å²) in [5, 5.41) is 6.06. The van der Waals surface area contributed by atoms with E-state index in [0.717, 1.165) is 5.56 Å². The SMILES string of the molecule is CN=C(NCc1ccc(OC)c(F)c1)NCc1ccccc1F. The molecule has 0 aliphatic rings. The van der Waals surface area contributed by atoms with Crippen LogP contribution in [0.5, 0.6) is 5.75 Å². The minimum absolute atomic E-state index is 0.204. The molecule has 0 radical (unpaired) electrons. The lowest BCUT2D eigenvalue weighted by atomic mass is 10.2. The summed E-state index contributed by atoms with van der Waals surface area (Å²) in [5.41, 5.74) is 1.29. The fourth-order valence-electron chi connectivity index (χ4n) is 2.05. The molecule has 122 valence electrons. The van der Waals surface area contributed by atoms with E-state index in [2.05, 4.69) is 15.6 Å². The maximum Gasteiger partial charge on any atom is 0.191 e. The molecule has 4 nitrogen and oxygen atoms in total. The van der Waals surface area contributed by atoms with E-state index >= 15 is 0 Å². The molecule has 0 aromatic heterocycles. The van der Waals surface area contributed by atoms with E-state index in [9.17, 15) is 8.78 Å². The Labute approximate surface area is 134 Å². The van der Waals surface area contributed by atoms with Crippen molar-refractivity contribution in [3.8, 4) is 5.75 Å². The van der Waals surface area contributed by atoms with Crippen LogP contribution in [0.15, 0.2) is 47.5 Å². The topological polar surface area (TPSA) is 45.7 Å². The van der Waals surface area contributed by atoms with E-state index in [0.29, 0.717) is 24.6 Å². The highest BCUT2D eigenvalue weighted by Gasteiger charge is 2.05. The average Bonchev–Trinajstić information content (AvgIpc) is 2.56. The van der Waals surface area contributed by atoms with Gasteiger partial charge in [-0.1, -0.05) is 24.3 Å². The van der Waals surface area contributed by atoms with Crippen LogP contribution in [0.2, 0.25) is 0 Å². The third-order valence-electron chi connectivity index (χ3n) is 3.30. The predicted octanol–water partition coefficient (Wildman–Crippen LogP) is 2.84. The summed E-state index contributed by atoms with van der Waals surface area (Å²) in [4.78, 5) is 4.06. The summed E-state index contributed by atoms with van der Waals surface area (Å²) < 4.78 is 32.1. The number of nitrogens with one attached hydrogen (secondary N) is 2. The highest BCUT2D eigenvalue weighted by atomic mass is 19.1. The van der Waals surface area contributed by atoms with E-state index in [4.69, 9.17) is 4.74 Å². The van der Waals surface area contributed by atoms with Crippen molar-refractivity contribution < 1.29 is 13.5 Å². The maximum atomic E-state index is 13.6. The number of benzene rings is 2. The van der Waals surface area contributed by atoms with Gasteiger partial charge in [0.1, 0.15) is 5.82 Å². The van der Waals surface area contributed by atoms with Crippen molar-refractivity contribution in [3.05, 3.63) is 65.2 Å². The lowest BCUT2D eigenvalue weighted by Crippen LogP contribution is -2.36. The minimum atomic E-state index is -0.416. The zero-order valence-corrected chi connectivity index (χ0v) is 13.1. The Kier molecular flexibility index (Phi) is 5.91. The molecular formula is C17H19F2N3O. The van der Waals surface area contributed by atoms with Gasteiger partial charge in [-0.05, 0) is 23.8 Å². The van der Waals surface area contributed by atoms with Crippen LogP contribution in [0.25, 0.3) is 0 Å². The van der Waals surface area contributed by atoms with Gasteiger partial charge in [-0.3, -0.25) is 4.99 Å². The smallest absolute Gasteiger partial charge is 0.191 e. The van der Waals surface area contributed by atoms with Crippen LogP contribution in [0.3, 0.4) is 0 Å². The number of ether oxygens (including phenoxy) is 1. The molecule has 0 atom stereocenters. The summed E-state index contributed by atoms with van der Waals surface area (Å²) >= 11 is 0. The van der Waals surface area contributed by atoms with Gasteiger partial charge in [0.2, 0.25) is 0 Å². The molecule has 2 rings (SSSR count). The van der Waals surface area contributed by atoms with Gasteiger partial charge in [0.25, 0.3) is 0 Å². The average molecular weight is 319 g/mol. The Balaban J connectivity index is 1.90. The van der Waals surface area contributed by atoms with Gasteiger partial charge in [-0.15, -0.1) is 0 Å². The minimum Gasteiger partial charge on any atom is -0.494 e. The first-order valence-corrected chi connectivity index (χ1v) is 7.14. The number of hydrogen-bond acceptors (Lipinski definition) is 2. The molecule has 0 saturated heterocycles. The predicted molar refractivity (Wildman–Crippen MR) is 86.4 cm³/mol. The molecule has 0 spiro atoms. The van der Waals surface area contributed by atoms with Crippen LogP contribution in [-0.4, -0.2) is 20.1 Å². The van der Waals surface area contributed by atoms with E-state index in [1.807, 2.05) is 0 Å². The number of rotatable bonds is 5. The normalized spacial score (nSPS) is 11.2. The van der Waals surface area contributed by atoms with E-state index in [1.54, 1.807) is 37.4 Å². The zero-order valence-electron chi connectivity index (χ0n) is 13.1. The van der Waals surface area contributed by atoms with Crippen LogP contribution in [0.4, 0.5) is 8.78 Å². The largest absolute Gasteiger partial charge is 0.494 e. The van der Waals surface area contributed by atoms with Gasteiger partial charge < -0.3 is 15.4 Å². The van der Waals surface area contributed by atoms with Crippen molar-refractivity contribution in [1.29, 1.82) is 0 Å². The van der Waals surface area contributed by atoms with Crippen LogP contribution in [-0.2, 0) is 13.1 Å². The van der Waals surface area contributed by atoms with Crippen LogP contribution in [0, 0.1) is 11.6 Å². The number of aliphatic imine (C=N–C) groups is 1. The highest BCUT2D eigenvalue weighted by Crippen LogP contribution is 2.17. The van der Waals surface area contributed by atoms with E-state index < -0.39 is 5.82 Å². The molecule has 2 N–H and O–H groups in total. The monoisotopic (exact) mass is 319 g/mol. The quantitative estimate of drug-likeness (QED) is 0.658. The van der Waals surface area contributed by atoms with Crippen molar-refractivity contribution in [3.63, 3.8) is 0 Å². The Morgan fingerprint density at radius 3 is 2.43 bits per heavy atom. The van der Waals surface area contributed by atoms with Gasteiger partial charge in [0, 0.05) is 25.7 Å². The van der Waals surface area contributed by atoms with Gasteiger partial charge in [0.05, 0.1) is 7.11 Å². The molecule has 0 fully saturated rings. The summed E-state index contributed by atoms with van der Waals surface area (Å²) in [6, 6.07) is 11.3. The molecular weight excluding hydrogens is 300 g/mol. The Bertz CT molecular complexity index is 689. The fraction of sp³-hybridized carbons (Fsp3) is 0.235. The Morgan fingerprint density at radius 2 is 1.78 bits per heavy atom. The molecule has 0 bridgehead atoms. The molecule has 2 aromatic rings. The molecule has 0 saturated carbocycles. The third-order valence-corrected chi connectivity index (χ3v) is 3.30. The standard InChI is InChI=1S/C17H19F2N3O/c1-20-17(22-11-13-5-3-4-6-14(13)18)21-10-12-7-8-16(23-2)15(19)9-12/h3-9H,10-11H2,1-2H3,(H2,20,21,22). The summed E-state index contributed by atoms with van der Waals surface area (Å²) in [7, 11) is 3.04. The fourth-order valence-corrected chi connectivity index (χ4v) is 2.05. The van der Waals surface area contributed by atoms with Crippen molar-refractivity contribution in [1.82, 2.24) is 10.6 Å². The molecule has 0 aliphatic heterocycles. The number of hydrogen-bond donors (Lipinski definition) is 2. The molecule has 0 heterocycles. The van der Waals surface area contributed by atoms with Crippen LogP contribution < -0.4 is 15.4 Å². The molecule has 0 unspecified atom stereocenters. The number of methoxy groups -OCH3 is 1. The molecule has 23 heavy (non-hydrogen) atoms. The van der Waals surface area contributed by atoms with Crippen molar-refractivity contribution in [2.24, 2.45) is 4.99 Å². The third kappa shape index (κ3) is 4.67. The number of nitrogens with zero attached hydrogens (tertiary/aromatic N) is 1. The molecule has 0 amide bonds. The summed E-state index contributed by atoms with van der Waals surface area (Å²) in [6.45, 7) is 0.696. The highest BCUT2D eigenvalue weighted by molar-refractivity contribution is 5.79. The summed E-state index contributed by atoms with van der Waals surface area (Å²) in [5.74, 6) is 0.0223. The van der Waals surface area contributed by atoms with Crippen LogP contribution in [0.1, 0.15) is 11.1 Å². The van der Waals surface area contributed by atoms with E-state index in [-0.39, 0.29) is 11.6 Å². The first-order valence-electron chi connectivity index (χ1n) is 7.14. The summed E-state index contributed by atoms with van der Waals surface area (Å²) in [6.07, 6.45) is 0. The molecule has 6 heteroatoms. The molecule has 2 aromatic carbocycles. The number of guanidine groups is 1. The van der Waals surface area contributed by atoms with Crippen molar-refractivity contribution >= 4 is 5.96 Å². The number of halogens is 2. The van der Waals surface area contributed by atoms with Crippen LogP contribution >= 0.6 is 0 Å². The van der Waals surface area contributed by atoms with Crippen molar-refractivity contribution in [2.45, 2.75) is 13.1 Å². The maximum absolute atomic E-state index is 13.6. The second-order valence-corrected chi connectivity index (χ2v) is 4.84. The second kappa shape index (κ2) is 8.12. The van der Waals surface area contributed by atoms with Crippen molar-refractivity contribution in [2.75, 3.05) is 14.2 Å². The Morgan fingerprint density at radius 1 is 1.04 bits per heavy atom. The zero-order chi connectivity index (χ0) is 16.7. The molecule has 0 aliphatic carbocycles. The lowest BCUT2D eigenvalue weighted by molar-refractivity contribution is 0.386. The lowest BCUT2D eigenvalue weighted by Gasteiger charge is -2.13. The van der Waals surface area contributed by atoms with Gasteiger partial charge in [-0.25, -0.2) is 8.78 Å². The Hall–Kier alpha value is -2.63. The van der Waals surface area contributed by atoms with Gasteiger partial charge in [-0.2, -0.15) is 0 Å². The van der Waals surface area contributed by atoms with Gasteiger partial charge >= 0.3 is 0 Å². The van der Waals surface area contributed by atoms with E-state index in [1.165, 1.54) is 19.2 Å². The van der Waals surface area contributed by atoms with Gasteiger partial charge in [0.15, 0.2) is 17.5 Å². The second-order valence-electron chi connectivity index (χ2n) is 4.84.